The molecule has 96 valence electrons. The first-order valence-corrected chi connectivity index (χ1v) is 6.16. The third-order valence-electron chi connectivity index (χ3n) is 2.85. The lowest BCUT2D eigenvalue weighted by molar-refractivity contribution is 0.303. The summed E-state index contributed by atoms with van der Waals surface area (Å²) in [6.45, 7) is 8.29. The predicted octanol–water partition coefficient (Wildman–Crippen LogP) is 0.924. The monoisotopic (exact) mass is 238 g/mol. The summed E-state index contributed by atoms with van der Waals surface area (Å²) in [5.74, 6) is 0.439. The van der Waals surface area contributed by atoms with Crippen molar-refractivity contribution in [3.05, 3.63) is 22.7 Å². The van der Waals surface area contributed by atoms with Crippen LogP contribution >= 0.6 is 0 Å². The summed E-state index contributed by atoms with van der Waals surface area (Å²) >= 11 is 0. The van der Waals surface area contributed by atoms with E-state index in [1.54, 1.807) is 19.4 Å². The Morgan fingerprint density at radius 2 is 2.12 bits per heavy atom. The summed E-state index contributed by atoms with van der Waals surface area (Å²) in [5.41, 5.74) is -0.0738. The Morgan fingerprint density at radius 3 is 2.76 bits per heavy atom. The quantitative estimate of drug-likeness (QED) is 0.718. The van der Waals surface area contributed by atoms with Crippen molar-refractivity contribution >= 4 is 5.82 Å². The summed E-state index contributed by atoms with van der Waals surface area (Å²) in [6.07, 6.45) is 4.30. The van der Waals surface area contributed by atoms with E-state index in [2.05, 4.69) is 29.0 Å². The molecule has 0 atom stereocenters. The van der Waals surface area contributed by atoms with Crippen molar-refractivity contribution in [2.45, 2.75) is 20.3 Å². The number of nitrogens with one attached hydrogen (secondary N) is 1. The second-order valence-corrected chi connectivity index (χ2v) is 4.00. The van der Waals surface area contributed by atoms with Crippen LogP contribution in [-0.2, 0) is 7.05 Å². The predicted molar refractivity (Wildman–Crippen MR) is 70.4 cm³/mol. The Kier molecular flexibility index (Phi) is 5.69. The van der Waals surface area contributed by atoms with Crippen molar-refractivity contribution in [2.75, 3.05) is 31.5 Å². The minimum Gasteiger partial charge on any atom is -0.365 e. The van der Waals surface area contributed by atoms with Gasteiger partial charge in [0.15, 0.2) is 5.82 Å². The van der Waals surface area contributed by atoms with Crippen LogP contribution in [0.2, 0.25) is 0 Å². The maximum atomic E-state index is 11.6. The van der Waals surface area contributed by atoms with Gasteiger partial charge in [0.25, 0.3) is 5.56 Å². The molecular formula is C12H22N4O. The van der Waals surface area contributed by atoms with Crippen LogP contribution in [0.15, 0.2) is 17.2 Å². The van der Waals surface area contributed by atoms with E-state index in [-0.39, 0.29) is 5.56 Å². The van der Waals surface area contributed by atoms with Gasteiger partial charge in [-0.25, -0.2) is 4.98 Å². The standard InChI is InChI=1S/C12H22N4O/c1-4-16(5-2)9-6-7-13-11-12(17)15(3)10-8-14-11/h8,10H,4-7,9H2,1-3H3,(H,13,14). The molecule has 0 spiro atoms. The highest BCUT2D eigenvalue weighted by molar-refractivity contribution is 5.30. The third kappa shape index (κ3) is 4.19. The molecule has 1 aromatic heterocycles. The van der Waals surface area contributed by atoms with E-state index in [1.807, 2.05) is 0 Å². The van der Waals surface area contributed by atoms with Gasteiger partial charge in [0, 0.05) is 26.0 Å². The molecule has 0 aliphatic rings. The van der Waals surface area contributed by atoms with Crippen molar-refractivity contribution in [3.8, 4) is 0 Å². The fourth-order valence-electron chi connectivity index (χ4n) is 1.67. The fourth-order valence-corrected chi connectivity index (χ4v) is 1.67. The highest BCUT2D eigenvalue weighted by Crippen LogP contribution is 1.94. The van der Waals surface area contributed by atoms with E-state index in [4.69, 9.17) is 0 Å². The number of hydrogen-bond acceptors (Lipinski definition) is 4. The summed E-state index contributed by atoms with van der Waals surface area (Å²) in [6, 6.07) is 0. The lowest BCUT2D eigenvalue weighted by Gasteiger charge is -2.17. The van der Waals surface area contributed by atoms with Gasteiger partial charge in [-0.15, -0.1) is 0 Å². The van der Waals surface area contributed by atoms with Crippen molar-refractivity contribution in [1.29, 1.82) is 0 Å². The van der Waals surface area contributed by atoms with Crippen LogP contribution in [0.3, 0.4) is 0 Å². The zero-order valence-electron chi connectivity index (χ0n) is 10.9. The van der Waals surface area contributed by atoms with Gasteiger partial charge in [0.2, 0.25) is 0 Å². The number of rotatable bonds is 7. The zero-order chi connectivity index (χ0) is 12.7. The lowest BCUT2D eigenvalue weighted by Crippen LogP contribution is -2.27. The van der Waals surface area contributed by atoms with Crippen molar-refractivity contribution in [1.82, 2.24) is 14.5 Å². The SMILES string of the molecule is CCN(CC)CCCNc1nccn(C)c1=O. The first-order valence-electron chi connectivity index (χ1n) is 6.16. The van der Waals surface area contributed by atoms with Gasteiger partial charge in [0.05, 0.1) is 0 Å². The molecule has 0 aromatic carbocycles. The summed E-state index contributed by atoms with van der Waals surface area (Å²) < 4.78 is 1.53. The van der Waals surface area contributed by atoms with E-state index in [0.717, 1.165) is 32.6 Å². The second-order valence-electron chi connectivity index (χ2n) is 4.00. The van der Waals surface area contributed by atoms with Crippen LogP contribution in [0.25, 0.3) is 0 Å². The highest BCUT2D eigenvalue weighted by Gasteiger charge is 2.02. The van der Waals surface area contributed by atoms with Crippen molar-refractivity contribution in [2.24, 2.45) is 7.05 Å². The molecule has 1 heterocycles. The van der Waals surface area contributed by atoms with Gasteiger partial charge in [0.1, 0.15) is 0 Å². The molecule has 5 heteroatoms. The molecule has 0 unspecified atom stereocenters. The molecule has 1 N–H and O–H groups in total. The van der Waals surface area contributed by atoms with Crippen LogP contribution < -0.4 is 10.9 Å². The van der Waals surface area contributed by atoms with E-state index in [9.17, 15) is 4.79 Å². The average Bonchev–Trinajstić information content (AvgIpc) is 2.34. The maximum absolute atomic E-state index is 11.6. The topological polar surface area (TPSA) is 50.2 Å². The summed E-state index contributed by atoms with van der Waals surface area (Å²) in [7, 11) is 1.73. The minimum atomic E-state index is -0.0738. The van der Waals surface area contributed by atoms with E-state index >= 15 is 0 Å². The van der Waals surface area contributed by atoms with Gasteiger partial charge in [-0.3, -0.25) is 4.79 Å². The van der Waals surface area contributed by atoms with Gasteiger partial charge >= 0.3 is 0 Å². The van der Waals surface area contributed by atoms with Crippen LogP contribution in [-0.4, -0.2) is 40.6 Å². The largest absolute Gasteiger partial charge is 0.365 e. The van der Waals surface area contributed by atoms with Crippen LogP contribution in [0.5, 0.6) is 0 Å². The van der Waals surface area contributed by atoms with Crippen LogP contribution in [0, 0.1) is 0 Å². The molecule has 0 fully saturated rings. The van der Waals surface area contributed by atoms with Crippen molar-refractivity contribution in [3.63, 3.8) is 0 Å². The van der Waals surface area contributed by atoms with Crippen molar-refractivity contribution < 1.29 is 0 Å². The zero-order valence-corrected chi connectivity index (χ0v) is 10.9. The molecule has 0 radical (unpaired) electrons. The molecule has 0 aliphatic carbocycles. The molecule has 0 bridgehead atoms. The number of aryl methyl sites for hydroxylation is 1. The minimum absolute atomic E-state index is 0.0738. The Morgan fingerprint density at radius 1 is 1.41 bits per heavy atom. The van der Waals surface area contributed by atoms with E-state index in [1.165, 1.54) is 4.57 Å². The molecule has 1 rings (SSSR count). The Bertz CT molecular complexity index is 384. The Balaban J connectivity index is 2.36. The normalized spacial score (nSPS) is 10.8. The molecular weight excluding hydrogens is 216 g/mol. The van der Waals surface area contributed by atoms with Crippen LogP contribution in [0.4, 0.5) is 5.82 Å². The Labute approximate surface area is 102 Å². The lowest BCUT2D eigenvalue weighted by atomic mass is 10.3. The smallest absolute Gasteiger partial charge is 0.293 e. The maximum Gasteiger partial charge on any atom is 0.293 e. The number of aromatic nitrogens is 2. The summed E-state index contributed by atoms with van der Waals surface area (Å²) in [4.78, 5) is 18.0. The fraction of sp³-hybridized carbons (Fsp3) is 0.667. The molecule has 0 saturated carbocycles. The van der Waals surface area contributed by atoms with Gasteiger partial charge in [-0.1, -0.05) is 13.8 Å². The van der Waals surface area contributed by atoms with Gasteiger partial charge in [-0.05, 0) is 26.1 Å². The molecule has 1 aromatic rings. The average molecular weight is 238 g/mol. The number of hydrogen-bond donors (Lipinski definition) is 1. The molecule has 0 amide bonds. The van der Waals surface area contributed by atoms with Crippen LogP contribution in [0.1, 0.15) is 20.3 Å². The molecule has 0 aliphatic heterocycles. The first-order chi connectivity index (χ1) is 8.19. The first kappa shape index (κ1) is 13.7. The molecule has 5 nitrogen and oxygen atoms in total. The molecule has 17 heavy (non-hydrogen) atoms. The third-order valence-corrected chi connectivity index (χ3v) is 2.85. The van der Waals surface area contributed by atoms with Gasteiger partial charge < -0.3 is 14.8 Å². The van der Waals surface area contributed by atoms with Gasteiger partial charge in [-0.2, -0.15) is 0 Å². The Hall–Kier alpha value is -1.36. The molecule has 0 saturated heterocycles. The second kappa shape index (κ2) is 7.06. The number of anilines is 1. The highest BCUT2D eigenvalue weighted by atomic mass is 16.1. The van der Waals surface area contributed by atoms with E-state index in [0.29, 0.717) is 5.82 Å². The number of nitrogens with zero attached hydrogens (tertiary/aromatic N) is 3. The summed E-state index contributed by atoms with van der Waals surface area (Å²) in [5, 5.41) is 3.09. The van der Waals surface area contributed by atoms with E-state index < -0.39 is 0 Å².